The number of hydrogen-bond donors (Lipinski definition) is 1. The Bertz CT molecular complexity index is 362. The van der Waals surface area contributed by atoms with E-state index in [1.807, 2.05) is 0 Å². The van der Waals surface area contributed by atoms with Crippen molar-refractivity contribution in [3.8, 4) is 0 Å². The van der Waals surface area contributed by atoms with Crippen LogP contribution in [0.15, 0.2) is 22.7 Å². The van der Waals surface area contributed by atoms with Crippen molar-refractivity contribution in [2.24, 2.45) is 5.73 Å². The molecule has 0 amide bonds. The summed E-state index contributed by atoms with van der Waals surface area (Å²) in [5, 5.41) is 0. The van der Waals surface area contributed by atoms with E-state index in [1.165, 1.54) is 15.6 Å². The molecule has 0 atom stereocenters. The lowest BCUT2D eigenvalue weighted by Crippen LogP contribution is -2.39. The number of likely N-dealkylation sites (tertiary alicyclic amines) is 1. The summed E-state index contributed by atoms with van der Waals surface area (Å²) in [6.07, 6.45) is 2.26. The Balaban J connectivity index is 0.00000144. The molecular weight excluding hydrogens is 300 g/mol. The van der Waals surface area contributed by atoms with Crippen LogP contribution in [0.3, 0.4) is 0 Å². The van der Waals surface area contributed by atoms with Gasteiger partial charge in [-0.3, -0.25) is 4.90 Å². The molecule has 0 radical (unpaired) electrons. The van der Waals surface area contributed by atoms with Crippen LogP contribution in [0, 0.1) is 6.92 Å². The number of nitrogens with two attached hydrogens (primary N) is 1. The van der Waals surface area contributed by atoms with Crippen molar-refractivity contribution in [1.82, 2.24) is 4.90 Å². The van der Waals surface area contributed by atoms with Gasteiger partial charge in [0.05, 0.1) is 0 Å². The van der Waals surface area contributed by atoms with E-state index in [1.54, 1.807) is 0 Å². The molecule has 0 saturated carbocycles. The number of aryl methyl sites for hydroxylation is 1. The van der Waals surface area contributed by atoms with Crippen molar-refractivity contribution in [3.63, 3.8) is 0 Å². The number of rotatable bonds is 2. The summed E-state index contributed by atoms with van der Waals surface area (Å²) in [6, 6.07) is 7.04. The monoisotopic (exact) mass is 318 g/mol. The van der Waals surface area contributed by atoms with Crippen LogP contribution in [0.5, 0.6) is 0 Å². The third-order valence-electron chi connectivity index (χ3n) is 3.27. The molecule has 1 heterocycles. The number of nitrogens with zero attached hydrogens (tertiary/aromatic N) is 1. The normalized spacial score (nSPS) is 17.8. The zero-order chi connectivity index (χ0) is 11.5. The van der Waals surface area contributed by atoms with Gasteiger partial charge in [0.1, 0.15) is 0 Å². The first-order valence-electron chi connectivity index (χ1n) is 5.88. The predicted molar refractivity (Wildman–Crippen MR) is 78.6 cm³/mol. The SMILES string of the molecule is Cc1ccc(CN2CCC(N)CC2)cc1Br.Cl. The maximum atomic E-state index is 5.90. The van der Waals surface area contributed by atoms with E-state index in [4.69, 9.17) is 5.73 Å². The first-order valence-corrected chi connectivity index (χ1v) is 6.67. The molecule has 2 N–H and O–H groups in total. The largest absolute Gasteiger partial charge is 0.328 e. The van der Waals surface area contributed by atoms with E-state index in [9.17, 15) is 0 Å². The summed E-state index contributed by atoms with van der Waals surface area (Å²) in [4.78, 5) is 2.49. The lowest BCUT2D eigenvalue weighted by molar-refractivity contribution is 0.205. The highest BCUT2D eigenvalue weighted by molar-refractivity contribution is 9.10. The van der Waals surface area contributed by atoms with Crippen molar-refractivity contribution in [3.05, 3.63) is 33.8 Å². The van der Waals surface area contributed by atoms with Crippen molar-refractivity contribution in [1.29, 1.82) is 0 Å². The quantitative estimate of drug-likeness (QED) is 0.907. The van der Waals surface area contributed by atoms with E-state index < -0.39 is 0 Å². The van der Waals surface area contributed by atoms with Crippen LogP contribution >= 0.6 is 28.3 Å². The van der Waals surface area contributed by atoms with Gasteiger partial charge in [0.2, 0.25) is 0 Å². The van der Waals surface area contributed by atoms with E-state index in [2.05, 4.69) is 46.0 Å². The van der Waals surface area contributed by atoms with Crippen LogP contribution in [-0.2, 0) is 6.54 Å². The minimum atomic E-state index is 0. The summed E-state index contributed by atoms with van der Waals surface area (Å²) < 4.78 is 1.21. The Morgan fingerprint density at radius 1 is 1.35 bits per heavy atom. The molecule has 1 aromatic carbocycles. The van der Waals surface area contributed by atoms with Gasteiger partial charge in [0.15, 0.2) is 0 Å². The minimum absolute atomic E-state index is 0. The third-order valence-corrected chi connectivity index (χ3v) is 4.13. The zero-order valence-electron chi connectivity index (χ0n) is 10.2. The van der Waals surface area contributed by atoms with E-state index in [0.29, 0.717) is 6.04 Å². The molecule has 0 unspecified atom stereocenters. The van der Waals surface area contributed by atoms with Crippen LogP contribution < -0.4 is 5.73 Å². The van der Waals surface area contributed by atoms with E-state index >= 15 is 0 Å². The van der Waals surface area contributed by atoms with Crippen LogP contribution in [0.4, 0.5) is 0 Å². The molecule has 4 heteroatoms. The fourth-order valence-electron chi connectivity index (χ4n) is 2.10. The highest BCUT2D eigenvalue weighted by Crippen LogP contribution is 2.19. The average molecular weight is 320 g/mol. The lowest BCUT2D eigenvalue weighted by Gasteiger charge is -2.30. The number of benzene rings is 1. The molecule has 0 spiro atoms. The van der Waals surface area contributed by atoms with E-state index in [-0.39, 0.29) is 12.4 Å². The van der Waals surface area contributed by atoms with Crippen LogP contribution in [-0.4, -0.2) is 24.0 Å². The van der Waals surface area contributed by atoms with Gasteiger partial charge in [0, 0.05) is 17.1 Å². The smallest absolute Gasteiger partial charge is 0.0234 e. The summed E-state index contributed by atoms with van der Waals surface area (Å²) in [5.74, 6) is 0. The topological polar surface area (TPSA) is 29.3 Å². The van der Waals surface area contributed by atoms with Gasteiger partial charge < -0.3 is 5.73 Å². The molecule has 1 aliphatic heterocycles. The van der Waals surface area contributed by atoms with Crippen LogP contribution in [0.25, 0.3) is 0 Å². The molecule has 0 bridgehead atoms. The van der Waals surface area contributed by atoms with Gasteiger partial charge in [0.25, 0.3) is 0 Å². The number of halogens is 2. The molecular formula is C13H20BrClN2. The van der Waals surface area contributed by atoms with Crippen molar-refractivity contribution >= 4 is 28.3 Å². The Morgan fingerprint density at radius 2 is 2.00 bits per heavy atom. The van der Waals surface area contributed by atoms with Crippen LogP contribution in [0.1, 0.15) is 24.0 Å². The van der Waals surface area contributed by atoms with Gasteiger partial charge in [-0.1, -0.05) is 28.1 Å². The average Bonchev–Trinajstić information content (AvgIpc) is 2.27. The second kappa shape index (κ2) is 6.74. The van der Waals surface area contributed by atoms with E-state index in [0.717, 1.165) is 32.5 Å². The Morgan fingerprint density at radius 3 is 2.59 bits per heavy atom. The van der Waals surface area contributed by atoms with Crippen molar-refractivity contribution < 1.29 is 0 Å². The van der Waals surface area contributed by atoms with Crippen LogP contribution in [0.2, 0.25) is 0 Å². The molecule has 1 aromatic rings. The standard InChI is InChI=1S/C13H19BrN2.ClH/c1-10-2-3-11(8-13(10)14)9-16-6-4-12(15)5-7-16;/h2-3,8,12H,4-7,9,15H2,1H3;1H. The summed E-state index contributed by atoms with van der Waals surface area (Å²) in [5.41, 5.74) is 8.58. The van der Waals surface area contributed by atoms with Crippen molar-refractivity contribution in [2.75, 3.05) is 13.1 Å². The minimum Gasteiger partial charge on any atom is -0.328 e. The van der Waals surface area contributed by atoms with Crippen molar-refractivity contribution in [2.45, 2.75) is 32.4 Å². The first kappa shape index (κ1) is 15.0. The first-order chi connectivity index (χ1) is 7.65. The molecule has 2 nitrogen and oxygen atoms in total. The highest BCUT2D eigenvalue weighted by atomic mass is 79.9. The number of hydrogen-bond acceptors (Lipinski definition) is 2. The molecule has 0 aliphatic carbocycles. The van der Waals surface area contributed by atoms with Gasteiger partial charge in [-0.05, 0) is 50.0 Å². The Labute approximate surface area is 118 Å². The second-order valence-corrected chi connectivity index (χ2v) is 5.55. The molecule has 17 heavy (non-hydrogen) atoms. The number of piperidine rings is 1. The van der Waals surface area contributed by atoms with Gasteiger partial charge in [-0.2, -0.15) is 0 Å². The van der Waals surface area contributed by atoms with Gasteiger partial charge in [-0.25, -0.2) is 0 Å². The maximum absolute atomic E-state index is 5.90. The lowest BCUT2D eigenvalue weighted by atomic mass is 10.1. The fourth-order valence-corrected chi connectivity index (χ4v) is 2.53. The third kappa shape index (κ3) is 4.25. The molecule has 2 rings (SSSR count). The predicted octanol–water partition coefficient (Wildman–Crippen LogP) is 3.10. The molecule has 1 fully saturated rings. The summed E-state index contributed by atoms with van der Waals surface area (Å²) >= 11 is 3.58. The fraction of sp³-hybridized carbons (Fsp3) is 0.538. The highest BCUT2D eigenvalue weighted by Gasteiger charge is 2.15. The molecule has 1 saturated heterocycles. The molecule has 1 aliphatic rings. The van der Waals surface area contributed by atoms with Gasteiger partial charge >= 0.3 is 0 Å². The Hall–Kier alpha value is -0.0900. The second-order valence-electron chi connectivity index (χ2n) is 4.70. The zero-order valence-corrected chi connectivity index (χ0v) is 12.6. The summed E-state index contributed by atoms with van der Waals surface area (Å²) in [7, 11) is 0. The Kier molecular flexibility index (Phi) is 5.93. The van der Waals surface area contributed by atoms with Gasteiger partial charge in [-0.15, -0.1) is 12.4 Å². The molecule has 96 valence electrons. The maximum Gasteiger partial charge on any atom is 0.0234 e. The molecule has 0 aromatic heterocycles. The summed E-state index contributed by atoms with van der Waals surface area (Å²) in [6.45, 7) is 5.43.